The second-order valence-corrected chi connectivity index (χ2v) is 5.86. The van der Waals surface area contributed by atoms with Gasteiger partial charge in [-0.2, -0.15) is 5.26 Å². The molecular formula is C19H19N3O. The fourth-order valence-corrected chi connectivity index (χ4v) is 2.88. The van der Waals surface area contributed by atoms with Gasteiger partial charge in [0.05, 0.1) is 11.6 Å². The Balaban J connectivity index is 1.67. The van der Waals surface area contributed by atoms with Crippen LogP contribution in [0, 0.1) is 18.3 Å². The average molecular weight is 305 g/mol. The Labute approximate surface area is 136 Å². The Bertz CT molecular complexity index is 763. The Morgan fingerprint density at radius 3 is 2.52 bits per heavy atom. The lowest BCUT2D eigenvalue weighted by atomic mass is 10.1. The van der Waals surface area contributed by atoms with Crippen molar-refractivity contribution >= 4 is 6.03 Å². The molecule has 23 heavy (non-hydrogen) atoms. The zero-order chi connectivity index (χ0) is 16.2. The molecule has 1 aliphatic heterocycles. The monoisotopic (exact) mass is 305 g/mol. The normalized spacial score (nSPS) is 14.2. The van der Waals surface area contributed by atoms with Crippen molar-refractivity contribution in [1.82, 2.24) is 9.80 Å². The summed E-state index contributed by atoms with van der Waals surface area (Å²) in [6, 6.07) is 17.8. The number of urea groups is 1. The number of aryl methyl sites for hydroxylation is 1. The van der Waals surface area contributed by atoms with E-state index >= 15 is 0 Å². The van der Waals surface area contributed by atoms with Gasteiger partial charge in [0.2, 0.25) is 0 Å². The van der Waals surface area contributed by atoms with Crippen molar-refractivity contribution in [2.24, 2.45) is 0 Å². The average Bonchev–Trinajstić information content (AvgIpc) is 2.90. The molecule has 2 aromatic rings. The molecule has 1 heterocycles. The lowest BCUT2D eigenvalue weighted by Gasteiger charge is -2.19. The largest absolute Gasteiger partial charge is 0.320 e. The molecule has 3 rings (SSSR count). The molecule has 0 aliphatic carbocycles. The molecule has 0 radical (unpaired) electrons. The fourth-order valence-electron chi connectivity index (χ4n) is 2.88. The van der Waals surface area contributed by atoms with Gasteiger partial charge in [-0.25, -0.2) is 4.79 Å². The van der Waals surface area contributed by atoms with Crippen LogP contribution in [-0.2, 0) is 13.1 Å². The van der Waals surface area contributed by atoms with E-state index in [2.05, 4.69) is 25.1 Å². The molecule has 116 valence electrons. The predicted octanol–water partition coefficient (Wildman–Crippen LogP) is 3.30. The van der Waals surface area contributed by atoms with Gasteiger partial charge in [-0.05, 0) is 35.7 Å². The summed E-state index contributed by atoms with van der Waals surface area (Å²) in [7, 11) is 0. The summed E-state index contributed by atoms with van der Waals surface area (Å²) in [6.45, 7) is 4.74. The van der Waals surface area contributed by atoms with Crippen LogP contribution in [0.5, 0.6) is 0 Å². The van der Waals surface area contributed by atoms with Crippen molar-refractivity contribution in [1.29, 1.82) is 5.26 Å². The minimum absolute atomic E-state index is 0.0654. The molecule has 0 bridgehead atoms. The van der Waals surface area contributed by atoms with Crippen LogP contribution in [0.25, 0.3) is 0 Å². The third kappa shape index (κ3) is 3.35. The summed E-state index contributed by atoms with van der Waals surface area (Å²) in [6.07, 6.45) is 0. The van der Waals surface area contributed by atoms with E-state index in [9.17, 15) is 4.79 Å². The Morgan fingerprint density at radius 1 is 1.04 bits per heavy atom. The van der Waals surface area contributed by atoms with Crippen LogP contribution in [0.3, 0.4) is 0 Å². The number of benzene rings is 2. The quantitative estimate of drug-likeness (QED) is 0.870. The third-order valence-corrected chi connectivity index (χ3v) is 4.23. The van der Waals surface area contributed by atoms with Crippen molar-refractivity contribution in [2.75, 3.05) is 13.1 Å². The first-order valence-electron chi connectivity index (χ1n) is 7.75. The van der Waals surface area contributed by atoms with Crippen LogP contribution in [-0.4, -0.2) is 28.9 Å². The van der Waals surface area contributed by atoms with Crippen LogP contribution in [0.4, 0.5) is 4.79 Å². The van der Waals surface area contributed by atoms with Gasteiger partial charge < -0.3 is 9.80 Å². The van der Waals surface area contributed by atoms with Gasteiger partial charge in [0.15, 0.2) is 0 Å². The lowest BCUT2D eigenvalue weighted by molar-refractivity contribution is 0.189. The smallest absolute Gasteiger partial charge is 0.319 e. The maximum Gasteiger partial charge on any atom is 0.320 e. The molecule has 2 amide bonds. The summed E-state index contributed by atoms with van der Waals surface area (Å²) >= 11 is 0. The first kappa shape index (κ1) is 15.1. The Kier molecular flexibility index (Phi) is 4.29. The van der Waals surface area contributed by atoms with Crippen LogP contribution in [0.15, 0.2) is 48.5 Å². The number of carbonyl (C=O) groups excluding carboxylic acids is 1. The van der Waals surface area contributed by atoms with E-state index in [1.54, 1.807) is 6.07 Å². The lowest BCUT2D eigenvalue weighted by Crippen LogP contribution is -2.31. The van der Waals surface area contributed by atoms with Crippen molar-refractivity contribution in [3.63, 3.8) is 0 Å². The van der Waals surface area contributed by atoms with E-state index in [1.165, 1.54) is 11.1 Å². The highest BCUT2D eigenvalue weighted by Crippen LogP contribution is 2.18. The topological polar surface area (TPSA) is 47.3 Å². The third-order valence-electron chi connectivity index (χ3n) is 4.23. The molecule has 1 fully saturated rings. The standard InChI is InChI=1S/C19H19N3O/c1-15-5-2-3-8-18(15)14-22-10-9-21(19(22)23)13-17-7-4-6-16(11-17)12-20/h2-8,11H,9-10,13-14H2,1H3. The molecule has 0 N–H and O–H groups in total. The summed E-state index contributed by atoms with van der Waals surface area (Å²) in [5.74, 6) is 0. The summed E-state index contributed by atoms with van der Waals surface area (Å²) < 4.78 is 0. The van der Waals surface area contributed by atoms with Crippen LogP contribution < -0.4 is 0 Å². The number of nitriles is 1. The first-order valence-corrected chi connectivity index (χ1v) is 7.75. The molecule has 4 nitrogen and oxygen atoms in total. The minimum atomic E-state index is 0.0654. The number of carbonyl (C=O) groups is 1. The van der Waals surface area contributed by atoms with Crippen molar-refractivity contribution < 1.29 is 4.79 Å². The second-order valence-electron chi connectivity index (χ2n) is 5.86. The van der Waals surface area contributed by atoms with E-state index in [0.29, 0.717) is 18.7 Å². The molecule has 0 aromatic heterocycles. The van der Waals surface area contributed by atoms with Gasteiger partial charge >= 0.3 is 6.03 Å². The fraction of sp³-hybridized carbons (Fsp3) is 0.263. The van der Waals surface area contributed by atoms with Crippen LogP contribution in [0.2, 0.25) is 0 Å². The highest BCUT2D eigenvalue weighted by molar-refractivity contribution is 5.76. The van der Waals surface area contributed by atoms with E-state index in [-0.39, 0.29) is 6.03 Å². The van der Waals surface area contributed by atoms with Crippen molar-refractivity contribution in [2.45, 2.75) is 20.0 Å². The highest BCUT2D eigenvalue weighted by atomic mass is 16.2. The maximum atomic E-state index is 12.6. The van der Waals surface area contributed by atoms with Crippen molar-refractivity contribution in [3.05, 3.63) is 70.8 Å². The zero-order valence-electron chi connectivity index (χ0n) is 13.2. The molecule has 1 saturated heterocycles. The number of hydrogen-bond donors (Lipinski definition) is 0. The van der Waals surface area contributed by atoms with E-state index in [1.807, 2.05) is 40.1 Å². The Morgan fingerprint density at radius 2 is 1.78 bits per heavy atom. The van der Waals surface area contributed by atoms with Gasteiger partial charge in [-0.3, -0.25) is 0 Å². The van der Waals surface area contributed by atoms with Gasteiger partial charge in [0, 0.05) is 26.2 Å². The van der Waals surface area contributed by atoms with Gasteiger partial charge in [-0.15, -0.1) is 0 Å². The number of hydrogen-bond acceptors (Lipinski definition) is 2. The van der Waals surface area contributed by atoms with E-state index in [0.717, 1.165) is 18.7 Å². The van der Waals surface area contributed by atoms with Gasteiger partial charge in [0.1, 0.15) is 0 Å². The molecule has 0 unspecified atom stereocenters. The van der Waals surface area contributed by atoms with Crippen LogP contribution >= 0.6 is 0 Å². The summed E-state index contributed by atoms with van der Waals surface area (Å²) in [5.41, 5.74) is 4.02. The minimum Gasteiger partial charge on any atom is -0.319 e. The summed E-state index contributed by atoms with van der Waals surface area (Å²) in [4.78, 5) is 16.3. The maximum absolute atomic E-state index is 12.6. The second kappa shape index (κ2) is 6.53. The SMILES string of the molecule is Cc1ccccc1CN1CCN(Cc2cccc(C#N)c2)C1=O. The predicted molar refractivity (Wildman–Crippen MR) is 88.6 cm³/mol. The number of rotatable bonds is 4. The number of nitrogens with zero attached hydrogens (tertiary/aromatic N) is 3. The van der Waals surface area contributed by atoms with Gasteiger partial charge in [-0.1, -0.05) is 36.4 Å². The first-order chi connectivity index (χ1) is 11.2. The van der Waals surface area contributed by atoms with E-state index < -0.39 is 0 Å². The molecule has 0 atom stereocenters. The highest BCUT2D eigenvalue weighted by Gasteiger charge is 2.28. The zero-order valence-corrected chi connectivity index (χ0v) is 13.2. The molecule has 2 aromatic carbocycles. The van der Waals surface area contributed by atoms with Gasteiger partial charge in [0.25, 0.3) is 0 Å². The van der Waals surface area contributed by atoms with Crippen LogP contribution in [0.1, 0.15) is 22.3 Å². The summed E-state index contributed by atoms with van der Waals surface area (Å²) in [5, 5.41) is 8.97. The molecular weight excluding hydrogens is 286 g/mol. The van der Waals surface area contributed by atoms with E-state index in [4.69, 9.17) is 5.26 Å². The molecule has 0 saturated carbocycles. The van der Waals surface area contributed by atoms with Crippen molar-refractivity contribution in [3.8, 4) is 6.07 Å². The molecule has 4 heteroatoms. The molecule has 0 spiro atoms. The Hall–Kier alpha value is -2.80. The number of amides is 2. The molecule has 1 aliphatic rings.